The smallest absolute Gasteiger partial charge is 0.258 e. The van der Waals surface area contributed by atoms with E-state index in [1.54, 1.807) is 4.57 Å². The first kappa shape index (κ1) is 24.6. The number of hydrogen-bond donors (Lipinski definition) is 1. The molecule has 1 aromatic heterocycles. The summed E-state index contributed by atoms with van der Waals surface area (Å²) in [6, 6.07) is 17.9. The first-order chi connectivity index (χ1) is 17.1. The quantitative estimate of drug-likeness (QED) is 0.512. The number of nitrogens with two attached hydrogens (primary N) is 1. The number of ether oxygens (including phenoxy) is 1. The maximum absolute atomic E-state index is 13.6. The van der Waals surface area contributed by atoms with Crippen molar-refractivity contribution < 1.29 is 4.74 Å². The summed E-state index contributed by atoms with van der Waals surface area (Å²) in [5, 5.41) is 9.42. The van der Waals surface area contributed by atoms with Crippen molar-refractivity contribution in [2.45, 2.75) is 39.2 Å². The van der Waals surface area contributed by atoms with E-state index in [1.807, 2.05) is 48.5 Å². The van der Waals surface area contributed by atoms with Crippen molar-refractivity contribution in [2.75, 3.05) is 38.6 Å². The number of unbranched alkanes of at least 4 members (excludes halogenated alkanes) is 1. The van der Waals surface area contributed by atoms with Crippen molar-refractivity contribution in [1.82, 2.24) is 14.5 Å². The highest BCUT2D eigenvalue weighted by Gasteiger charge is 2.17. The van der Waals surface area contributed by atoms with Gasteiger partial charge in [0.15, 0.2) is 0 Å². The van der Waals surface area contributed by atoms with Crippen LogP contribution in [-0.2, 0) is 24.1 Å². The molecule has 2 heterocycles. The number of morpholine rings is 1. The van der Waals surface area contributed by atoms with Gasteiger partial charge in [0.05, 0.1) is 30.5 Å². The molecule has 0 bridgehead atoms. The minimum Gasteiger partial charge on any atom is -0.379 e. The summed E-state index contributed by atoms with van der Waals surface area (Å²) >= 11 is 0. The van der Waals surface area contributed by atoms with Gasteiger partial charge >= 0.3 is 0 Å². The van der Waals surface area contributed by atoms with Gasteiger partial charge in [-0.05, 0) is 35.6 Å². The van der Waals surface area contributed by atoms with Gasteiger partial charge in [-0.25, -0.2) is 4.98 Å². The van der Waals surface area contributed by atoms with Gasteiger partial charge in [0, 0.05) is 38.2 Å². The highest BCUT2D eigenvalue weighted by molar-refractivity contribution is 5.70. The standard InChI is InChI=1S/C28H33N5O2/c1-2-3-8-26-25(27(34)33(28(30)31-26)14-13-32-15-17-35-18-16-32)19-21-9-11-22(12-10-21)24-7-5-4-6-23(24)20-29/h4-7,9-12H,2-3,8,13-19H2,1H3,(H2,30,31). The average molecular weight is 472 g/mol. The van der Waals surface area contributed by atoms with E-state index in [4.69, 9.17) is 10.5 Å². The van der Waals surface area contributed by atoms with Gasteiger partial charge in [-0.3, -0.25) is 14.3 Å². The van der Waals surface area contributed by atoms with E-state index in [0.717, 1.165) is 80.1 Å². The second-order valence-electron chi connectivity index (χ2n) is 8.94. The minimum absolute atomic E-state index is 0.0456. The van der Waals surface area contributed by atoms with E-state index in [0.29, 0.717) is 24.5 Å². The molecule has 0 aliphatic carbocycles. The van der Waals surface area contributed by atoms with Crippen molar-refractivity contribution in [1.29, 1.82) is 5.26 Å². The van der Waals surface area contributed by atoms with Crippen LogP contribution >= 0.6 is 0 Å². The summed E-state index contributed by atoms with van der Waals surface area (Å²) in [4.78, 5) is 20.6. The highest BCUT2D eigenvalue weighted by Crippen LogP contribution is 2.24. The monoisotopic (exact) mass is 471 g/mol. The molecule has 4 rings (SSSR count). The molecular weight excluding hydrogens is 438 g/mol. The van der Waals surface area contributed by atoms with Crippen LogP contribution in [0.5, 0.6) is 0 Å². The van der Waals surface area contributed by atoms with Gasteiger partial charge in [-0.2, -0.15) is 5.26 Å². The summed E-state index contributed by atoms with van der Waals surface area (Å²) in [6.07, 6.45) is 3.22. The predicted octanol–water partition coefficient (Wildman–Crippen LogP) is 3.63. The summed E-state index contributed by atoms with van der Waals surface area (Å²) in [7, 11) is 0. The van der Waals surface area contributed by atoms with Gasteiger partial charge < -0.3 is 10.5 Å². The van der Waals surface area contributed by atoms with E-state index < -0.39 is 0 Å². The number of nitrogen functional groups attached to an aromatic ring is 1. The lowest BCUT2D eigenvalue weighted by molar-refractivity contribution is 0.0363. The summed E-state index contributed by atoms with van der Waals surface area (Å²) in [5.41, 5.74) is 11.3. The Hall–Kier alpha value is -3.47. The van der Waals surface area contributed by atoms with Crippen LogP contribution in [0.3, 0.4) is 0 Å². The molecule has 0 spiro atoms. The van der Waals surface area contributed by atoms with Crippen molar-refractivity contribution in [2.24, 2.45) is 0 Å². The molecular formula is C28H33N5O2. The zero-order valence-electron chi connectivity index (χ0n) is 20.4. The third kappa shape index (κ3) is 5.97. The highest BCUT2D eigenvalue weighted by atomic mass is 16.5. The Balaban J connectivity index is 1.60. The number of benzene rings is 2. The van der Waals surface area contributed by atoms with Crippen LogP contribution in [0.2, 0.25) is 0 Å². The van der Waals surface area contributed by atoms with Crippen LogP contribution in [0.15, 0.2) is 53.3 Å². The zero-order chi connectivity index (χ0) is 24.6. The number of nitriles is 1. The van der Waals surface area contributed by atoms with Gasteiger partial charge in [0.2, 0.25) is 5.95 Å². The number of nitrogens with zero attached hydrogens (tertiary/aromatic N) is 4. The van der Waals surface area contributed by atoms with E-state index in [1.165, 1.54) is 0 Å². The SMILES string of the molecule is CCCCc1nc(N)n(CCN2CCOCC2)c(=O)c1Cc1ccc(-c2ccccc2C#N)cc1. The van der Waals surface area contributed by atoms with Crippen LogP contribution < -0.4 is 11.3 Å². The third-order valence-corrected chi connectivity index (χ3v) is 6.58. The molecule has 182 valence electrons. The van der Waals surface area contributed by atoms with Gasteiger partial charge in [0.25, 0.3) is 5.56 Å². The Bertz CT molecular complexity index is 1240. The Morgan fingerprint density at radius 2 is 1.83 bits per heavy atom. The van der Waals surface area contributed by atoms with Crippen molar-refractivity contribution >= 4 is 5.95 Å². The fourth-order valence-corrected chi connectivity index (χ4v) is 4.51. The predicted molar refractivity (Wildman–Crippen MR) is 138 cm³/mol. The van der Waals surface area contributed by atoms with Crippen molar-refractivity contribution in [3.05, 3.63) is 81.3 Å². The lowest BCUT2D eigenvalue weighted by Crippen LogP contribution is -2.40. The number of anilines is 1. The molecule has 1 aliphatic heterocycles. The van der Waals surface area contributed by atoms with Crippen LogP contribution in [0.25, 0.3) is 11.1 Å². The molecule has 2 N–H and O–H groups in total. The van der Waals surface area contributed by atoms with E-state index in [-0.39, 0.29) is 5.56 Å². The first-order valence-electron chi connectivity index (χ1n) is 12.4. The molecule has 2 aromatic carbocycles. The lowest BCUT2D eigenvalue weighted by Gasteiger charge is -2.27. The first-order valence-corrected chi connectivity index (χ1v) is 12.4. The fraction of sp³-hybridized carbons (Fsp3) is 0.393. The second kappa shape index (κ2) is 11.8. The fourth-order valence-electron chi connectivity index (χ4n) is 4.51. The van der Waals surface area contributed by atoms with Gasteiger partial charge in [-0.15, -0.1) is 0 Å². The van der Waals surface area contributed by atoms with Crippen LogP contribution in [0.4, 0.5) is 5.95 Å². The Morgan fingerprint density at radius 3 is 2.54 bits per heavy atom. The molecule has 0 amide bonds. The summed E-state index contributed by atoms with van der Waals surface area (Å²) in [5.74, 6) is 0.293. The largest absolute Gasteiger partial charge is 0.379 e. The topological polar surface area (TPSA) is 97.2 Å². The average Bonchev–Trinajstić information content (AvgIpc) is 2.90. The summed E-state index contributed by atoms with van der Waals surface area (Å²) < 4.78 is 7.05. The molecule has 1 fully saturated rings. The molecule has 7 nitrogen and oxygen atoms in total. The molecule has 0 saturated carbocycles. The normalized spacial score (nSPS) is 14.1. The van der Waals surface area contributed by atoms with Crippen molar-refractivity contribution in [3.8, 4) is 17.2 Å². The van der Waals surface area contributed by atoms with Gasteiger partial charge in [0.1, 0.15) is 0 Å². The summed E-state index contributed by atoms with van der Waals surface area (Å²) in [6.45, 7) is 6.57. The molecule has 1 saturated heterocycles. The van der Waals surface area contributed by atoms with Crippen LogP contribution in [0.1, 0.15) is 42.1 Å². The van der Waals surface area contributed by atoms with E-state index in [2.05, 4.69) is 22.9 Å². The van der Waals surface area contributed by atoms with E-state index in [9.17, 15) is 10.1 Å². The van der Waals surface area contributed by atoms with Gasteiger partial charge in [-0.1, -0.05) is 55.8 Å². The van der Waals surface area contributed by atoms with Crippen molar-refractivity contribution in [3.63, 3.8) is 0 Å². The van der Waals surface area contributed by atoms with E-state index >= 15 is 0 Å². The molecule has 1 aliphatic rings. The molecule has 0 unspecified atom stereocenters. The number of hydrogen-bond acceptors (Lipinski definition) is 6. The number of aryl methyl sites for hydroxylation is 1. The van der Waals surface area contributed by atoms with Crippen LogP contribution in [0, 0.1) is 11.3 Å². The zero-order valence-corrected chi connectivity index (χ0v) is 20.4. The molecule has 3 aromatic rings. The molecule has 35 heavy (non-hydrogen) atoms. The maximum atomic E-state index is 13.6. The lowest BCUT2D eigenvalue weighted by atomic mass is 9.97. The van der Waals surface area contributed by atoms with Crippen LogP contribution in [-0.4, -0.2) is 47.3 Å². The number of rotatable bonds is 9. The maximum Gasteiger partial charge on any atom is 0.258 e. The Labute approximate surface area is 206 Å². The molecule has 0 radical (unpaired) electrons. The third-order valence-electron chi connectivity index (χ3n) is 6.58. The Kier molecular flexibility index (Phi) is 8.30. The second-order valence-corrected chi connectivity index (χ2v) is 8.94. The Morgan fingerprint density at radius 1 is 1.09 bits per heavy atom. The minimum atomic E-state index is -0.0456. The number of aromatic nitrogens is 2. The molecule has 0 atom stereocenters. The molecule has 7 heteroatoms.